The summed E-state index contributed by atoms with van der Waals surface area (Å²) < 4.78 is 1.78. The average molecular weight is 389 g/mol. The minimum Gasteiger partial charge on any atom is -0.396 e. The average Bonchev–Trinajstić information content (AvgIpc) is 3.09. The van der Waals surface area contributed by atoms with Crippen LogP contribution in [0.5, 0.6) is 0 Å². The van der Waals surface area contributed by atoms with Crippen molar-refractivity contribution in [2.45, 2.75) is 38.1 Å². The van der Waals surface area contributed by atoms with E-state index in [0.29, 0.717) is 17.2 Å². The molecule has 4 aromatic rings. The van der Waals surface area contributed by atoms with Crippen LogP contribution in [0.2, 0.25) is 0 Å². The summed E-state index contributed by atoms with van der Waals surface area (Å²) in [4.78, 5) is 29.3. The lowest BCUT2D eigenvalue weighted by molar-refractivity contribution is 0.207. The number of hydrogen-bond donors (Lipinski definition) is 2. The van der Waals surface area contributed by atoms with Crippen LogP contribution < -0.4 is 5.69 Å². The van der Waals surface area contributed by atoms with E-state index in [9.17, 15) is 9.90 Å². The molecule has 1 aromatic carbocycles. The molecule has 0 aliphatic heterocycles. The Bertz CT molecular complexity index is 1220. The van der Waals surface area contributed by atoms with Gasteiger partial charge in [-0.25, -0.2) is 14.8 Å². The molecule has 7 heteroatoms. The van der Waals surface area contributed by atoms with Gasteiger partial charge in [0.1, 0.15) is 0 Å². The predicted octanol–water partition coefficient (Wildman–Crippen LogP) is 3.45. The fraction of sp³-hybridized carbons (Fsp3) is 0.364. The fourth-order valence-corrected chi connectivity index (χ4v) is 4.56. The maximum atomic E-state index is 12.7. The van der Waals surface area contributed by atoms with E-state index in [-0.39, 0.29) is 18.3 Å². The van der Waals surface area contributed by atoms with Gasteiger partial charge in [0.15, 0.2) is 11.3 Å². The molecular weight excluding hydrogens is 366 g/mol. The molecule has 1 saturated carbocycles. The van der Waals surface area contributed by atoms with Crippen LogP contribution in [0.25, 0.3) is 33.5 Å². The molecule has 1 aliphatic rings. The molecular formula is C22H23N5O2. The van der Waals surface area contributed by atoms with Gasteiger partial charge >= 0.3 is 5.69 Å². The van der Waals surface area contributed by atoms with Crippen molar-refractivity contribution in [1.29, 1.82) is 0 Å². The summed E-state index contributed by atoms with van der Waals surface area (Å²) in [6, 6.07) is 10.00. The summed E-state index contributed by atoms with van der Waals surface area (Å²) in [5.41, 5.74) is 3.58. The van der Waals surface area contributed by atoms with Crippen molar-refractivity contribution in [1.82, 2.24) is 24.5 Å². The Morgan fingerprint density at radius 3 is 2.79 bits per heavy atom. The molecule has 0 saturated heterocycles. The molecule has 0 spiro atoms. The minimum absolute atomic E-state index is 0.116. The second-order valence-electron chi connectivity index (χ2n) is 7.79. The Kier molecular flexibility index (Phi) is 4.60. The Balaban J connectivity index is 1.57. The van der Waals surface area contributed by atoms with Crippen LogP contribution in [0.3, 0.4) is 0 Å². The summed E-state index contributed by atoms with van der Waals surface area (Å²) in [5, 5.41) is 10.2. The highest BCUT2D eigenvalue weighted by Crippen LogP contribution is 2.34. The number of aliphatic hydroxyl groups is 1. The molecule has 148 valence electrons. The minimum atomic E-state index is -0.151. The smallest absolute Gasteiger partial charge is 0.329 e. The lowest BCUT2D eigenvalue weighted by Crippen LogP contribution is -2.26. The third kappa shape index (κ3) is 3.21. The first kappa shape index (κ1) is 18.0. The first-order valence-corrected chi connectivity index (χ1v) is 10.2. The van der Waals surface area contributed by atoms with Crippen molar-refractivity contribution in [2.24, 2.45) is 5.92 Å². The molecule has 3 heterocycles. The zero-order valence-corrected chi connectivity index (χ0v) is 16.1. The summed E-state index contributed by atoms with van der Waals surface area (Å²) in [7, 11) is 0. The van der Waals surface area contributed by atoms with Gasteiger partial charge in [-0.1, -0.05) is 18.2 Å². The van der Waals surface area contributed by atoms with Crippen LogP contribution in [0.15, 0.2) is 47.5 Å². The third-order valence-electron chi connectivity index (χ3n) is 6.07. The maximum absolute atomic E-state index is 12.7. The monoisotopic (exact) mass is 389 g/mol. The van der Waals surface area contributed by atoms with Crippen molar-refractivity contribution in [2.75, 3.05) is 6.61 Å². The zero-order valence-electron chi connectivity index (χ0n) is 16.1. The van der Waals surface area contributed by atoms with Crippen LogP contribution >= 0.6 is 0 Å². The van der Waals surface area contributed by atoms with Crippen LogP contribution in [0.1, 0.15) is 38.1 Å². The number of benzene rings is 1. The lowest BCUT2D eigenvalue weighted by atomic mass is 9.84. The highest BCUT2D eigenvalue weighted by Gasteiger charge is 2.25. The Hall–Kier alpha value is -3.06. The fourth-order valence-electron chi connectivity index (χ4n) is 4.56. The molecule has 7 nitrogen and oxygen atoms in total. The Morgan fingerprint density at radius 2 is 1.97 bits per heavy atom. The van der Waals surface area contributed by atoms with E-state index in [4.69, 9.17) is 4.98 Å². The maximum Gasteiger partial charge on any atom is 0.329 e. The number of nitrogens with zero attached hydrogens (tertiary/aromatic N) is 4. The van der Waals surface area contributed by atoms with Crippen LogP contribution in [0.4, 0.5) is 0 Å². The number of hydrogen-bond acceptors (Lipinski definition) is 5. The molecule has 0 bridgehead atoms. The standard InChI is InChI=1S/C22H23N5O2/c28-12-10-14-6-8-15(9-7-14)27-21-20(26-22(27)29)24-13-19(25-21)17-3-1-5-18-16(17)4-2-11-23-18/h1-5,11,13-15,28H,6-10,12H2,(H,24,26,29). The molecule has 1 aliphatic carbocycles. The Morgan fingerprint density at radius 1 is 1.10 bits per heavy atom. The van der Waals surface area contributed by atoms with E-state index < -0.39 is 0 Å². The van der Waals surface area contributed by atoms with E-state index in [0.717, 1.165) is 54.3 Å². The molecule has 0 amide bonds. The largest absolute Gasteiger partial charge is 0.396 e. The van der Waals surface area contributed by atoms with Crippen molar-refractivity contribution >= 4 is 22.2 Å². The first-order valence-electron chi connectivity index (χ1n) is 10.2. The molecule has 0 unspecified atom stereocenters. The highest BCUT2D eigenvalue weighted by atomic mass is 16.3. The quantitative estimate of drug-likeness (QED) is 0.557. The van der Waals surface area contributed by atoms with Gasteiger partial charge in [-0.2, -0.15) is 0 Å². The van der Waals surface area contributed by atoms with Gasteiger partial charge in [0.2, 0.25) is 0 Å². The number of imidazole rings is 1. The molecule has 0 atom stereocenters. The number of fused-ring (bicyclic) bond motifs is 2. The summed E-state index contributed by atoms with van der Waals surface area (Å²) in [6.45, 7) is 0.233. The molecule has 5 rings (SSSR count). The van der Waals surface area contributed by atoms with E-state index in [2.05, 4.69) is 15.0 Å². The van der Waals surface area contributed by atoms with E-state index in [1.54, 1.807) is 17.0 Å². The molecule has 2 N–H and O–H groups in total. The summed E-state index contributed by atoms with van der Waals surface area (Å²) in [6.07, 6.45) is 8.21. The number of aromatic amines is 1. The molecule has 0 radical (unpaired) electrons. The number of aromatic nitrogens is 5. The molecule has 29 heavy (non-hydrogen) atoms. The second-order valence-corrected chi connectivity index (χ2v) is 7.79. The first-order chi connectivity index (χ1) is 14.2. The predicted molar refractivity (Wildman–Crippen MR) is 112 cm³/mol. The lowest BCUT2D eigenvalue weighted by Gasteiger charge is -2.28. The van der Waals surface area contributed by atoms with Crippen molar-refractivity contribution in [3.05, 3.63) is 53.2 Å². The third-order valence-corrected chi connectivity index (χ3v) is 6.07. The van der Waals surface area contributed by atoms with E-state index >= 15 is 0 Å². The number of nitrogens with one attached hydrogen (secondary N) is 1. The summed E-state index contributed by atoms with van der Waals surface area (Å²) in [5.74, 6) is 0.544. The van der Waals surface area contributed by atoms with Crippen molar-refractivity contribution in [3.63, 3.8) is 0 Å². The zero-order chi connectivity index (χ0) is 19.8. The van der Waals surface area contributed by atoms with E-state index in [1.807, 2.05) is 30.3 Å². The normalized spacial score (nSPS) is 19.8. The van der Waals surface area contributed by atoms with Crippen LogP contribution in [-0.2, 0) is 0 Å². The van der Waals surface area contributed by atoms with Crippen LogP contribution in [0, 0.1) is 5.92 Å². The van der Waals surface area contributed by atoms with Gasteiger partial charge in [0.05, 0.1) is 17.4 Å². The van der Waals surface area contributed by atoms with Gasteiger partial charge in [0, 0.05) is 29.8 Å². The SMILES string of the molecule is O=c1[nH]c2ncc(-c3cccc4ncccc34)nc2n1C1CCC(CCO)CC1. The molecule has 1 fully saturated rings. The van der Waals surface area contributed by atoms with Crippen molar-refractivity contribution < 1.29 is 5.11 Å². The van der Waals surface area contributed by atoms with Gasteiger partial charge in [-0.05, 0) is 50.2 Å². The van der Waals surface area contributed by atoms with Gasteiger partial charge < -0.3 is 5.11 Å². The second kappa shape index (κ2) is 7.40. The topological polar surface area (TPSA) is 96.7 Å². The van der Waals surface area contributed by atoms with Crippen molar-refractivity contribution in [3.8, 4) is 11.3 Å². The van der Waals surface area contributed by atoms with Gasteiger partial charge in [-0.15, -0.1) is 0 Å². The number of H-pyrrole nitrogens is 1. The van der Waals surface area contributed by atoms with Crippen LogP contribution in [-0.4, -0.2) is 36.2 Å². The molecule has 3 aromatic heterocycles. The van der Waals surface area contributed by atoms with E-state index in [1.165, 1.54) is 0 Å². The van der Waals surface area contributed by atoms with Gasteiger partial charge in [-0.3, -0.25) is 14.5 Å². The number of pyridine rings is 1. The van der Waals surface area contributed by atoms with Gasteiger partial charge in [0.25, 0.3) is 0 Å². The Labute approximate surface area is 167 Å². The number of aliphatic hydroxyl groups excluding tert-OH is 1. The number of rotatable bonds is 4. The summed E-state index contributed by atoms with van der Waals surface area (Å²) >= 11 is 0. The highest BCUT2D eigenvalue weighted by molar-refractivity contribution is 5.93.